The Bertz CT molecular complexity index is 655. The quantitative estimate of drug-likeness (QED) is 0.853. The molecule has 0 bridgehead atoms. The van der Waals surface area contributed by atoms with Crippen LogP contribution in [-0.4, -0.2) is 30.1 Å². The highest BCUT2D eigenvalue weighted by Gasteiger charge is 2.13. The first-order chi connectivity index (χ1) is 11.0. The number of hydrogen-bond donors (Lipinski definition) is 2. The fraction of sp³-hybridized carbons (Fsp3) is 0.438. The molecular weight excluding hydrogens is 310 g/mol. The highest BCUT2D eigenvalue weighted by molar-refractivity contribution is 7.11. The highest BCUT2D eigenvalue weighted by atomic mass is 32.1. The van der Waals surface area contributed by atoms with E-state index in [1.54, 1.807) is 11.3 Å². The van der Waals surface area contributed by atoms with E-state index < -0.39 is 0 Å². The van der Waals surface area contributed by atoms with Gasteiger partial charge in [0.25, 0.3) is 0 Å². The summed E-state index contributed by atoms with van der Waals surface area (Å²) >= 11 is 1.63. The summed E-state index contributed by atoms with van der Waals surface area (Å²) in [6.07, 6.45) is 2.83. The SMILES string of the molecule is CCc1cnc([C@H](C)NC(=O)NCc2cccc(N(C)C)n2)s1. The van der Waals surface area contributed by atoms with Gasteiger partial charge in [0.05, 0.1) is 18.3 Å². The molecule has 124 valence electrons. The Morgan fingerprint density at radius 3 is 2.83 bits per heavy atom. The minimum atomic E-state index is -0.220. The summed E-state index contributed by atoms with van der Waals surface area (Å²) in [5.74, 6) is 0.868. The molecule has 2 aromatic rings. The molecule has 0 spiro atoms. The van der Waals surface area contributed by atoms with Crippen molar-refractivity contribution in [3.8, 4) is 0 Å². The number of carbonyl (C=O) groups excluding carboxylic acids is 1. The van der Waals surface area contributed by atoms with Gasteiger partial charge in [-0.25, -0.2) is 14.8 Å². The summed E-state index contributed by atoms with van der Waals surface area (Å²) in [7, 11) is 3.87. The van der Waals surface area contributed by atoms with Crippen LogP contribution in [0.3, 0.4) is 0 Å². The van der Waals surface area contributed by atoms with Crippen LogP contribution in [0.15, 0.2) is 24.4 Å². The van der Waals surface area contributed by atoms with E-state index in [1.165, 1.54) is 4.88 Å². The summed E-state index contributed by atoms with van der Waals surface area (Å²) in [5, 5.41) is 6.65. The number of carbonyl (C=O) groups is 1. The lowest BCUT2D eigenvalue weighted by atomic mass is 10.3. The molecule has 0 aromatic carbocycles. The molecule has 0 radical (unpaired) electrons. The van der Waals surface area contributed by atoms with Crippen molar-refractivity contribution in [1.29, 1.82) is 0 Å². The maximum atomic E-state index is 12.0. The number of nitrogens with one attached hydrogen (secondary N) is 2. The lowest BCUT2D eigenvalue weighted by Gasteiger charge is -2.14. The van der Waals surface area contributed by atoms with E-state index >= 15 is 0 Å². The Balaban J connectivity index is 1.86. The molecule has 2 N–H and O–H groups in total. The summed E-state index contributed by atoms with van der Waals surface area (Å²) in [4.78, 5) is 24.0. The third kappa shape index (κ3) is 4.92. The van der Waals surface area contributed by atoms with Crippen LogP contribution in [0.25, 0.3) is 0 Å². The average Bonchev–Trinajstić information content (AvgIpc) is 3.02. The molecule has 2 rings (SSSR count). The number of hydrogen-bond acceptors (Lipinski definition) is 5. The molecule has 7 heteroatoms. The maximum absolute atomic E-state index is 12.0. The van der Waals surface area contributed by atoms with Gasteiger partial charge in [-0.05, 0) is 25.5 Å². The van der Waals surface area contributed by atoms with Gasteiger partial charge in [-0.3, -0.25) is 0 Å². The molecule has 0 aliphatic carbocycles. The van der Waals surface area contributed by atoms with Crippen molar-refractivity contribution < 1.29 is 4.79 Å². The molecule has 23 heavy (non-hydrogen) atoms. The van der Waals surface area contributed by atoms with Gasteiger partial charge in [0.15, 0.2) is 0 Å². The lowest BCUT2D eigenvalue weighted by Crippen LogP contribution is -2.36. The molecule has 6 nitrogen and oxygen atoms in total. The molecule has 2 amide bonds. The molecule has 0 aliphatic heterocycles. The molecule has 0 fully saturated rings. The van der Waals surface area contributed by atoms with E-state index in [2.05, 4.69) is 27.5 Å². The van der Waals surface area contributed by atoms with Crippen LogP contribution in [0.1, 0.15) is 35.5 Å². The zero-order valence-corrected chi connectivity index (χ0v) is 14.8. The minimum absolute atomic E-state index is 0.110. The van der Waals surface area contributed by atoms with Crippen molar-refractivity contribution in [3.05, 3.63) is 40.0 Å². The van der Waals surface area contributed by atoms with E-state index in [4.69, 9.17) is 0 Å². The number of anilines is 1. The molecule has 0 saturated heterocycles. The minimum Gasteiger partial charge on any atom is -0.363 e. The van der Waals surface area contributed by atoms with Gasteiger partial charge in [-0.2, -0.15) is 0 Å². The normalized spacial score (nSPS) is 11.8. The van der Waals surface area contributed by atoms with Crippen molar-refractivity contribution in [1.82, 2.24) is 20.6 Å². The molecular formula is C16H23N5OS. The van der Waals surface area contributed by atoms with Gasteiger partial charge >= 0.3 is 6.03 Å². The zero-order chi connectivity index (χ0) is 16.8. The Labute approximate surface area is 141 Å². The Morgan fingerprint density at radius 1 is 1.39 bits per heavy atom. The number of aryl methyl sites for hydroxylation is 1. The number of nitrogens with zero attached hydrogens (tertiary/aromatic N) is 3. The number of amides is 2. The van der Waals surface area contributed by atoms with Crippen LogP contribution in [0.2, 0.25) is 0 Å². The highest BCUT2D eigenvalue weighted by Crippen LogP contribution is 2.20. The lowest BCUT2D eigenvalue weighted by molar-refractivity contribution is 0.237. The number of urea groups is 1. The summed E-state index contributed by atoms with van der Waals surface area (Å²) in [6.45, 7) is 4.41. The maximum Gasteiger partial charge on any atom is 0.315 e. The predicted octanol–water partition coefficient (Wildman–Crippen LogP) is 2.73. The number of pyridine rings is 1. The van der Waals surface area contributed by atoms with Crippen LogP contribution in [0, 0.1) is 0 Å². The van der Waals surface area contributed by atoms with E-state index in [-0.39, 0.29) is 12.1 Å². The fourth-order valence-corrected chi connectivity index (χ4v) is 2.84. The Hall–Kier alpha value is -2.15. The zero-order valence-electron chi connectivity index (χ0n) is 14.0. The number of aromatic nitrogens is 2. The Kier molecular flexibility index (Phi) is 5.92. The van der Waals surface area contributed by atoms with Gasteiger partial charge < -0.3 is 15.5 Å². The van der Waals surface area contributed by atoms with Crippen LogP contribution >= 0.6 is 11.3 Å². The molecule has 2 heterocycles. The molecule has 1 atom stereocenters. The third-order valence-corrected chi connectivity index (χ3v) is 4.64. The first-order valence-electron chi connectivity index (χ1n) is 7.61. The van der Waals surface area contributed by atoms with Crippen LogP contribution in [0.5, 0.6) is 0 Å². The third-order valence-electron chi connectivity index (χ3n) is 3.32. The summed E-state index contributed by atoms with van der Waals surface area (Å²) in [5.41, 5.74) is 0.821. The second-order valence-electron chi connectivity index (χ2n) is 5.45. The first-order valence-corrected chi connectivity index (χ1v) is 8.43. The average molecular weight is 333 g/mol. The summed E-state index contributed by atoms with van der Waals surface area (Å²) in [6, 6.07) is 5.43. The van der Waals surface area contributed by atoms with E-state index in [0.717, 1.165) is 22.9 Å². The van der Waals surface area contributed by atoms with Crippen molar-refractivity contribution in [2.24, 2.45) is 0 Å². The molecule has 0 aliphatic rings. The monoisotopic (exact) mass is 333 g/mol. The van der Waals surface area contributed by atoms with Crippen molar-refractivity contribution in [2.75, 3.05) is 19.0 Å². The smallest absolute Gasteiger partial charge is 0.315 e. The van der Waals surface area contributed by atoms with Crippen molar-refractivity contribution >= 4 is 23.2 Å². The molecule has 0 unspecified atom stereocenters. The van der Waals surface area contributed by atoms with E-state index in [0.29, 0.717) is 6.54 Å². The van der Waals surface area contributed by atoms with Crippen molar-refractivity contribution in [3.63, 3.8) is 0 Å². The van der Waals surface area contributed by atoms with Gasteiger partial charge in [0, 0.05) is 25.2 Å². The first kappa shape index (κ1) is 17.2. The largest absolute Gasteiger partial charge is 0.363 e. The van der Waals surface area contributed by atoms with Gasteiger partial charge in [0.1, 0.15) is 10.8 Å². The predicted molar refractivity (Wildman–Crippen MR) is 93.8 cm³/mol. The van der Waals surface area contributed by atoms with E-state index in [1.807, 2.05) is 50.3 Å². The van der Waals surface area contributed by atoms with Gasteiger partial charge in [-0.15, -0.1) is 11.3 Å². The number of rotatable bonds is 6. The fourth-order valence-electron chi connectivity index (χ4n) is 1.98. The standard InChI is InChI=1S/C16H23N5OS/c1-5-13-10-17-15(23-13)11(2)19-16(22)18-9-12-7-6-8-14(20-12)21(3)4/h6-8,10-11H,5,9H2,1-4H3,(H2,18,19,22)/t11-/m0/s1. The van der Waals surface area contributed by atoms with Crippen LogP contribution < -0.4 is 15.5 Å². The Morgan fingerprint density at radius 2 is 2.17 bits per heavy atom. The van der Waals surface area contributed by atoms with Crippen LogP contribution in [-0.2, 0) is 13.0 Å². The van der Waals surface area contributed by atoms with Gasteiger partial charge in [0.2, 0.25) is 0 Å². The molecule has 0 saturated carbocycles. The second kappa shape index (κ2) is 7.92. The second-order valence-corrected chi connectivity index (χ2v) is 6.60. The summed E-state index contributed by atoms with van der Waals surface area (Å²) < 4.78 is 0. The van der Waals surface area contributed by atoms with Gasteiger partial charge in [-0.1, -0.05) is 13.0 Å². The van der Waals surface area contributed by atoms with Crippen LogP contribution in [0.4, 0.5) is 10.6 Å². The van der Waals surface area contributed by atoms with E-state index in [9.17, 15) is 4.79 Å². The van der Waals surface area contributed by atoms with Crippen molar-refractivity contribution in [2.45, 2.75) is 32.9 Å². The molecule has 2 aromatic heterocycles. The topological polar surface area (TPSA) is 70.2 Å². The number of thiazole rings is 1.